The summed E-state index contributed by atoms with van der Waals surface area (Å²) in [5.74, 6) is -0.212. The summed E-state index contributed by atoms with van der Waals surface area (Å²) in [5.41, 5.74) is 5.04. The number of nitrogens with zero attached hydrogens (tertiary/aromatic N) is 1. The van der Waals surface area contributed by atoms with Crippen molar-refractivity contribution >= 4 is 5.91 Å². The fourth-order valence-corrected chi connectivity index (χ4v) is 2.41. The van der Waals surface area contributed by atoms with E-state index in [1.54, 1.807) is 0 Å². The maximum Gasteiger partial charge on any atom is 0.237 e. The van der Waals surface area contributed by atoms with Crippen molar-refractivity contribution < 1.29 is 4.79 Å². The lowest BCUT2D eigenvalue weighted by Gasteiger charge is -2.29. The predicted molar refractivity (Wildman–Crippen MR) is 80.0 cm³/mol. The van der Waals surface area contributed by atoms with Gasteiger partial charge in [0.2, 0.25) is 5.91 Å². The van der Waals surface area contributed by atoms with Crippen LogP contribution in [0.4, 0.5) is 0 Å². The number of unbranched alkanes of at least 4 members (excludes halogenated alkanes) is 1. The molecule has 4 nitrogen and oxygen atoms in total. The average Bonchev–Trinajstić information content (AvgIpc) is 3.17. The molecule has 1 rings (SSSR count). The second-order valence-corrected chi connectivity index (χ2v) is 6.01. The van der Waals surface area contributed by atoms with Crippen molar-refractivity contribution in [3.63, 3.8) is 0 Å². The van der Waals surface area contributed by atoms with E-state index in [2.05, 4.69) is 24.1 Å². The molecule has 1 fully saturated rings. The number of rotatable bonds is 11. The molecule has 1 aliphatic rings. The summed E-state index contributed by atoms with van der Waals surface area (Å²) in [6.07, 6.45) is 6.71. The molecule has 0 spiro atoms. The fraction of sp³-hybridized carbons (Fsp3) is 0.933. The number of nitrogens with two attached hydrogens (primary N) is 1. The van der Waals surface area contributed by atoms with E-state index < -0.39 is 5.54 Å². The van der Waals surface area contributed by atoms with E-state index in [4.69, 9.17) is 5.73 Å². The number of carbonyl (C=O) groups is 1. The normalized spacial score (nSPS) is 18.5. The highest BCUT2D eigenvalue weighted by Crippen LogP contribution is 2.24. The summed E-state index contributed by atoms with van der Waals surface area (Å²) in [6, 6.07) is 0.514. The Morgan fingerprint density at radius 3 is 2.42 bits per heavy atom. The summed E-state index contributed by atoms with van der Waals surface area (Å²) < 4.78 is 0. The number of hydrogen-bond acceptors (Lipinski definition) is 3. The minimum Gasteiger partial charge on any atom is -0.368 e. The Morgan fingerprint density at radius 1 is 1.32 bits per heavy atom. The monoisotopic (exact) mass is 269 g/mol. The van der Waals surface area contributed by atoms with Gasteiger partial charge >= 0.3 is 0 Å². The van der Waals surface area contributed by atoms with E-state index in [1.165, 1.54) is 25.7 Å². The first-order chi connectivity index (χ1) is 9.01. The molecule has 0 bridgehead atoms. The Labute approximate surface area is 118 Å². The third-order valence-electron chi connectivity index (χ3n) is 4.07. The second kappa shape index (κ2) is 7.85. The van der Waals surface area contributed by atoms with Crippen LogP contribution >= 0.6 is 0 Å². The van der Waals surface area contributed by atoms with Gasteiger partial charge in [0.25, 0.3) is 0 Å². The smallest absolute Gasteiger partial charge is 0.237 e. The first-order valence-electron chi connectivity index (χ1n) is 7.81. The minimum atomic E-state index is -0.522. The Balaban J connectivity index is 2.32. The Morgan fingerprint density at radius 2 is 1.95 bits per heavy atom. The molecule has 1 atom stereocenters. The summed E-state index contributed by atoms with van der Waals surface area (Å²) in [6.45, 7) is 9.68. The van der Waals surface area contributed by atoms with E-state index in [0.717, 1.165) is 32.5 Å². The summed E-state index contributed by atoms with van der Waals surface area (Å²) in [4.78, 5) is 14.1. The first kappa shape index (κ1) is 16.4. The highest BCUT2D eigenvalue weighted by Gasteiger charge is 2.36. The quantitative estimate of drug-likeness (QED) is 0.602. The molecule has 1 unspecified atom stereocenters. The molecule has 1 amide bonds. The zero-order valence-electron chi connectivity index (χ0n) is 12.9. The van der Waals surface area contributed by atoms with Crippen LogP contribution in [0.2, 0.25) is 0 Å². The third kappa shape index (κ3) is 5.91. The highest BCUT2D eigenvalue weighted by molar-refractivity contribution is 5.84. The molecule has 0 aromatic heterocycles. The molecule has 0 aliphatic heterocycles. The maximum absolute atomic E-state index is 11.6. The Bertz CT molecular complexity index is 279. The molecule has 0 heterocycles. The zero-order chi connectivity index (χ0) is 14.3. The van der Waals surface area contributed by atoms with Gasteiger partial charge in [-0.05, 0) is 58.7 Å². The molecule has 3 N–H and O–H groups in total. The van der Waals surface area contributed by atoms with Gasteiger partial charge in [0.15, 0.2) is 0 Å². The van der Waals surface area contributed by atoms with Crippen molar-refractivity contribution in [3.05, 3.63) is 0 Å². The van der Waals surface area contributed by atoms with E-state index in [9.17, 15) is 4.79 Å². The standard InChI is InChI=1S/C15H31N3O/c1-4-6-11-18(5-2)12-7-10-15(3,14(16)19)17-13-8-9-13/h13,17H,4-12H2,1-3H3,(H2,16,19). The summed E-state index contributed by atoms with van der Waals surface area (Å²) in [7, 11) is 0. The lowest BCUT2D eigenvalue weighted by Crippen LogP contribution is -2.54. The molecular formula is C15H31N3O. The molecule has 0 aromatic rings. The lowest BCUT2D eigenvalue weighted by atomic mass is 9.94. The van der Waals surface area contributed by atoms with Crippen LogP contribution in [-0.2, 0) is 4.79 Å². The molecule has 1 saturated carbocycles. The first-order valence-corrected chi connectivity index (χ1v) is 7.81. The van der Waals surface area contributed by atoms with Gasteiger partial charge in [-0.1, -0.05) is 20.3 Å². The Hall–Kier alpha value is -0.610. The maximum atomic E-state index is 11.6. The van der Waals surface area contributed by atoms with E-state index in [1.807, 2.05) is 6.92 Å². The zero-order valence-corrected chi connectivity index (χ0v) is 12.9. The van der Waals surface area contributed by atoms with Crippen LogP contribution < -0.4 is 11.1 Å². The number of carbonyl (C=O) groups excluding carboxylic acids is 1. The van der Waals surface area contributed by atoms with Gasteiger partial charge in [0.1, 0.15) is 0 Å². The van der Waals surface area contributed by atoms with Crippen molar-refractivity contribution in [3.8, 4) is 0 Å². The molecule has 112 valence electrons. The van der Waals surface area contributed by atoms with Gasteiger partial charge in [0, 0.05) is 6.04 Å². The average molecular weight is 269 g/mol. The SMILES string of the molecule is CCCCN(CC)CCCC(C)(NC1CC1)C(N)=O. The largest absolute Gasteiger partial charge is 0.368 e. The minimum absolute atomic E-state index is 0.212. The number of primary amides is 1. The highest BCUT2D eigenvalue weighted by atomic mass is 16.1. The number of nitrogens with one attached hydrogen (secondary N) is 1. The van der Waals surface area contributed by atoms with Crippen LogP contribution in [0.5, 0.6) is 0 Å². The van der Waals surface area contributed by atoms with Crippen molar-refractivity contribution in [2.24, 2.45) is 5.73 Å². The topological polar surface area (TPSA) is 58.4 Å². The number of hydrogen-bond donors (Lipinski definition) is 2. The van der Waals surface area contributed by atoms with Gasteiger partial charge in [-0.3, -0.25) is 4.79 Å². The lowest BCUT2D eigenvalue weighted by molar-refractivity contribution is -0.124. The predicted octanol–water partition coefficient (Wildman–Crippen LogP) is 1.88. The van der Waals surface area contributed by atoms with Crippen LogP contribution in [0, 0.1) is 0 Å². The molecule has 0 aromatic carbocycles. The molecule has 0 saturated heterocycles. The van der Waals surface area contributed by atoms with Crippen molar-refractivity contribution in [2.45, 2.75) is 70.9 Å². The van der Waals surface area contributed by atoms with Gasteiger partial charge in [-0.25, -0.2) is 0 Å². The Kier molecular flexibility index (Phi) is 6.80. The molecule has 0 radical (unpaired) electrons. The van der Waals surface area contributed by atoms with Crippen molar-refractivity contribution in [1.29, 1.82) is 0 Å². The van der Waals surface area contributed by atoms with Crippen molar-refractivity contribution in [1.82, 2.24) is 10.2 Å². The summed E-state index contributed by atoms with van der Waals surface area (Å²) >= 11 is 0. The van der Waals surface area contributed by atoms with Crippen LogP contribution in [0.3, 0.4) is 0 Å². The van der Waals surface area contributed by atoms with Crippen molar-refractivity contribution in [2.75, 3.05) is 19.6 Å². The van der Waals surface area contributed by atoms with Gasteiger partial charge in [-0.2, -0.15) is 0 Å². The van der Waals surface area contributed by atoms with Gasteiger partial charge in [-0.15, -0.1) is 0 Å². The van der Waals surface area contributed by atoms with E-state index in [0.29, 0.717) is 6.04 Å². The van der Waals surface area contributed by atoms with Gasteiger partial charge in [0.05, 0.1) is 5.54 Å². The van der Waals surface area contributed by atoms with Crippen LogP contribution in [0.25, 0.3) is 0 Å². The van der Waals surface area contributed by atoms with E-state index >= 15 is 0 Å². The molecule has 19 heavy (non-hydrogen) atoms. The van der Waals surface area contributed by atoms with E-state index in [-0.39, 0.29) is 5.91 Å². The fourth-order valence-electron chi connectivity index (χ4n) is 2.41. The molecular weight excluding hydrogens is 238 g/mol. The molecule has 1 aliphatic carbocycles. The second-order valence-electron chi connectivity index (χ2n) is 6.01. The van der Waals surface area contributed by atoms with Gasteiger partial charge < -0.3 is 16.0 Å². The summed E-state index contributed by atoms with van der Waals surface area (Å²) in [5, 5.41) is 3.41. The van der Waals surface area contributed by atoms with Crippen LogP contribution in [0.1, 0.15) is 59.3 Å². The van der Waals surface area contributed by atoms with Crippen LogP contribution in [0.15, 0.2) is 0 Å². The third-order valence-corrected chi connectivity index (χ3v) is 4.07. The number of amides is 1. The van der Waals surface area contributed by atoms with Crippen LogP contribution in [-0.4, -0.2) is 42.0 Å². The molecule has 4 heteroatoms.